The van der Waals surface area contributed by atoms with Crippen LogP contribution in [0, 0.1) is 5.41 Å². The molecule has 1 aromatic carbocycles. The molecule has 0 fully saturated rings. The second-order valence-corrected chi connectivity index (χ2v) is 6.56. The van der Waals surface area contributed by atoms with Crippen LogP contribution >= 0.6 is 0 Å². The van der Waals surface area contributed by atoms with Crippen molar-refractivity contribution in [3.8, 4) is 5.75 Å². The summed E-state index contributed by atoms with van der Waals surface area (Å²) in [6.45, 7) is 11.8. The molecule has 0 radical (unpaired) electrons. The molecule has 3 heteroatoms. The molecule has 1 atom stereocenters. The molecule has 0 aliphatic heterocycles. The minimum absolute atomic E-state index is 0.151. The number of phenolic OH excluding ortho intramolecular Hbond substituents is 1. The predicted octanol–water partition coefficient (Wildman–Crippen LogP) is 3.02. The maximum Gasteiger partial charge on any atom is 0.115 e. The van der Waals surface area contributed by atoms with Crippen LogP contribution in [0.1, 0.15) is 39.7 Å². The largest absolute Gasteiger partial charge is 0.508 e. The lowest BCUT2D eigenvalue weighted by Crippen LogP contribution is -2.44. The van der Waals surface area contributed by atoms with E-state index >= 15 is 0 Å². The minimum Gasteiger partial charge on any atom is -0.508 e. The van der Waals surface area contributed by atoms with Gasteiger partial charge in [0.2, 0.25) is 0 Å². The summed E-state index contributed by atoms with van der Waals surface area (Å²) in [6, 6.07) is 8.01. The molecule has 3 nitrogen and oxygen atoms in total. The molecule has 0 saturated carbocycles. The Balaban J connectivity index is 2.68. The Kier molecular flexibility index (Phi) is 6.50. The summed E-state index contributed by atoms with van der Waals surface area (Å²) in [5.41, 5.74) is 7.28. The van der Waals surface area contributed by atoms with E-state index in [1.54, 1.807) is 12.1 Å². The zero-order valence-corrected chi connectivity index (χ0v) is 13.4. The van der Waals surface area contributed by atoms with Gasteiger partial charge in [0.15, 0.2) is 0 Å². The number of aromatic hydroxyl groups is 1. The third kappa shape index (κ3) is 5.51. The van der Waals surface area contributed by atoms with E-state index in [1.807, 2.05) is 12.1 Å². The monoisotopic (exact) mass is 278 g/mol. The lowest BCUT2D eigenvalue weighted by molar-refractivity contribution is 0.140. The molecule has 1 rings (SSSR count). The number of hydrogen-bond acceptors (Lipinski definition) is 3. The molecule has 0 aliphatic rings. The van der Waals surface area contributed by atoms with Crippen LogP contribution in [-0.4, -0.2) is 35.7 Å². The third-order valence-corrected chi connectivity index (χ3v) is 3.79. The van der Waals surface area contributed by atoms with Crippen molar-refractivity contribution in [1.29, 1.82) is 0 Å². The van der Waals surface area contributed by atoms with Gasteiger partial charge in [-0.15, -0.1) is 0 Å². The zero-order chi connectivity index (χ0) is 15.2. The molecule has 20 heavy (non-hydrogen) atoms. The van der Waals surface area contributed by atoms with Crippen LogP contribution in [0.15, 0.2) is 24.3 Å². The smallest absolute Gasteiger partial charge is 0.115 e. The third-order valence-electron chi connectivity index (χ3n) is 3.79. The van der Waals surface area contributed by atoms with Crippen LogP contribution in [-0.2, 0) is 6.42 Å². The molecule has 0 saturated heterocycles. The number of nitrogens with two attached hydrogens (primary N) is 1. The topological polar surface area (TPSA) is 49.5 Å². The Morgan fingerprint density at radius 3 is 2.35 bits per heavy atom. The summed E-state index contributed by atoms with van der Waals surface area (Å²) in [7, 11) is 0. The Morgan fingerprint density at radius 1 is 1.25 bits per heavy atom. The average Bonchev–Trinajstić information content (AvgIpc) is 2.40. The highest BCUT2D eigenvalue weighted by molar-refractivity contribution is 5.26. The molecule has 0 bridgehead atoms. The number of hydrogen-bond donors (Lipinski definition) is 2. The van der Waals surface area contributed by atoms with E-state index in [-0.39, 0.29) is 5.41 Å². The fourth-order valence-electron chi connectivity index (χ4n) is 2.46. The molecule has 0 amide bonds. The molecule has 114 valence electrons. The van der Waals surface area contributed by atoms with Gasteiger partial charge in [-0.3, -0.25) is 4.90 Å². The minimum atomic E-state index is 0.151. The molecule has 0 heterocycles. The summed E-state index contributed by atoms with van der Waals surface area (Å²) in [5.74, 6) is 0.330. The van der Waals surface area contributed by atoms with E-state index in [1.165, 1.54) is 5.56 Å². The standard InChI is InChI=1S/C17H30N2O/c1-5-10-19(13-17(3,4)12-18)14(2)11-15-6-8-16(20)9-7-15/h6-9,14,20H,5,10-13,18H2,1-4H3. The lowest BCUT2D eigenvalue weighted by atomic mass is 9.91. The van der Waals surface area contributed by atoms with E-state index < -0.39 is 0 Å². The predicted molar refractivity (Wildman–Crippen MR) is 86.0 cm³/mol. The quantitative estimate of drug-likeness (QED) is 0.768. The lowest BCUT2D eigenvalue weighted by Gasteiger charge is -2.36. The number of benzene rings is 1. The fraction of sp³-hybridized carbons (Fsp3) is 0.647. The molecular formula is C17H30N2O. The van der Waals surface area contributed by atoms with Gasteiger partial charge in [0.1, 0.15) is 5.75 Å². The molecule has 0 spiro atoms. The first kappa shape index (κ1) is 17.0. The second-order valence-electron chi connectivity index (χ2n) is 6.56. The normalized spacial score (nSPS) is 13.7. The van der Waals surface area contributed by atoms with Gasteiger partial charge in [-0.1, -0.05) is 32.9 Å². The second kappa shape index (κ2) is 7.65. The van der Waals surface area contributed by atoms with Gasteiger partial charge in [0.25, 0.3) is 0 Å². The van der Waals surface area contributed by atoms with Crippen LogP contribution in [0.4, 0.5) is 0 Å². The zero-order valence-electron chi connectivity index (χ0n) is 13.4. The highest BCUT2D eigenvalue weighted by atomic mass is 16.3. The summed E-state index contributed by atoms with van der Waals surface area (Å²) >= 11 is 0. The molecule has 3 N–H and O–H groups in total. The van der Waals surface area contributed by atoms with Crippen LogP contribution in [0.25, 0.3) is 0 Å². The van der Waals surface area contributed by atoms with Crippen molar-refractivity contribution < 1.29 is 5.11 Å². The van der Waals surface area contributed by atoms with E-state index in [2.05, 4.69) is 32.6 Å². The van der Waals surface area contributed by atoms with Crippen molar-refractivity contribution in [2.45, 2.75) is 46.6 Å². The van der Waals surface area contributed by atoms with Gasteiger partial charge in [-0.25, -0.2) is 0 Å². The average molecular weight is 278 g/mol. The van der Waals surface area contributed by atoms with Gasteiger partial charge in [0.05, 0.1) is 0 Å². The number of rotatable bonds is 8. The van der Waals surface area contributed by atoms with Crippen molar-refractivity contribution in [1.82, 2.24) is 4.90 Å². The van der Waals surface area contributed by atoms with E-state index in [0.717, 1.165) is 25.9 Å². The molecule has 1 unspecified atom stereocenters. The van der Waals surface area contributed by atoms with Gasteiger partial charge in [-0.2, -0.15) is 0 Å². The highest BCUT2D eigenvalue weighted by Gasteiger charge is 2.23. The van der Waals surface area contributed by atoms with Crippen molar-refractivity contribution in [3.63, 3.8) is 0 Å². The fourth-order valence-corrected chi connectivity index (χ4v) is 2.46. The maximum atomic E-state index is 9.34. The summed E-state index contributed by atoms with van der Waals surface area (Å²) < 4.78 is 0. The van der Waals surface area contributed by atoms with E-state index in [0.29, 0.717) is 18.3 Å². The van der Waals surface area contributed by atoms with Gasteiger partial charge < -0.3 is 10.8 Å². The summed E-state index contributed by atoms with van der Waals surface area (Å²) in [6.07, 6.45) is 2.15. The Morgan fingerprint density at radius 2 is 1.85 bits per heavy atom. The van der Waals surface area contributed by atoms with Crippen LogP contribution in [0.2, 0.25) is 0 Å². The Bertz CT molecular complexity index is 386. The number of phenols is 1. The van der Waals surface area contributed by atoms with Crippen LogP contribution in [0.5, 0.6) is 5.75 Å². The van der Waals surface area contributed by atoms with Crippen molar-refractivity contribution in [3.05, 3.63) is 29.8 Å². The van der Waals surface area contributed by atoms with Crippen molar-refractivity contribution >= 4 is 0 Å². The molecule has 1 aromatic rings. The summed E-state index contributed by atoms with van der Waals surface area (Å²) in [4.78, 5) is 2.53. The first-order valence-electron chi connectivity index (χ1n) is 7.60. The van der Waals surface area contributed by atoms with Crippen molar-refractivity contribution in [2.75, 3.05) is 19.6 Å². The van der Waals surface area contributed by atoms with E-state index in [9.17, 15) is 5.11 Å². The molecule has 0 aliphatic carbocycles. The van der Waals surface area contributed by atoms with Crippen LogP contribution < -0.4 is 5.73 Å². The SMILES string of the molecule is CCCN(CC(C)(C)CN)C(C)Cc1ccc(O)cc1. The number of nitrogens with zero attached hydrogens (tertiary/aromatic N) is 1. The van der Waals surface area contributed by atoms with Gasteiger partial charge in [0, 0.05) is 12.6 Å². The molecule has 0 aromatic heterocycles. The van der Waals surface area contributed by atoms with Gasteiger partial charge in [-0.05, 0) is 56.0 Å². The Labute approximate surface area is 123 Å². The van der Waals surface area contributed by atoms with Crippen LogP contribution in [0.3, 0.4) is 0 Å². The first-order chi connectivity index (χ1) is 9.38. The van der Waals surface area contributed by atoms with Gasteiger partial charge >= 0.3 is 0 Å². The Hall–Kier alpha value is -1.06. The highest BCUT2D eigenvalue weighted by Crippen LogP contribution is 2.19. The van der Waals surface area contributed by atoms with Crippen molar-refractivity contribution in [2.24, 2.45) is 11.1 Å². The molecular weight excluding hydrogens is 248 g/mol. The van der Waals surface area contributed by atoms with E-state index in [4.69, 9.17) is 5.73 Å². The maximum absolute atomic E-state index is 9.34. The first-order valence-corrected chi connectivity index (χ1v) is 7.60. The summed E-state index contributed by atoms with van der Waals surface area (Å²) in [5, 5.41) is 9.34.